The Bertz CT molecular complexity index is 1000. The van der Waals surface area contributed by atoms with E-state index in [1.807, 2.05) is 0 Å². The van der Waals surface area contributed by atoms with Crippen molar-refractivity contribution in [2.75, 3.05) is 6.54 Å². The van der Waals surface area contributed by atoms with Gasteiger partial charge >= 0.3 is 0 Å². The molecule has 0 radical (unpaired) electrons. The van der Waals surface area contributed by atoms with E-state index in [1.54, 1.807) is 12.5 Å². The van der Waals surface area contributed by atoms with Gasteiger partial charge in [-0.15, -0.1) is 0 Å². The number of aliphatic hydroxyl groups excluding tert-OH is 1. The first-order valence-corrected chi connectivity index (χ1v) is 13.6. The number of amides is 1. The molecule has 4 aliphatic rings. The highest BCUT2D eigenvalue weighted by atomic mass is 16.3. The Morgan fingerprint density at radius 1 is 1.18 bits per heavy atom. The molecule has 0 aromatic carbocycles. The number of rotatable bonds is 5. The lowest BCUT2D eigenvalue weighted by molar-refractivity contribution is -0.119. The minimum Gasteiger partial charge on any atom is -0.393 e. The molecule has 0 saturated heterocycles. The summed E-state index contributed by atoms with van der Waals surface area (Å²) in [6.45, 7) is 11.8. The van der Waals surface area contributed by atoms with Gasteiger partial charge in [0.15, 0.2) is 0 Å². The number of nitrogens with one attached hydrogen (secondary N) is 1. The summed E-state index contributed by atoms with van der Waals surface area (Å²) in [5.74, 6) is 2.55. The number of aromatic nitrogens is 2. The maximum absolute atomic E-state index is 11.2. The normalized spacial score (nSPS) is 37.1. The molecule has 34 heavy (non-hydrogen) atoms. The maximum Gasteiger partial charge on any atom is 0.216 e. The van der Waals surface area contributed by atoms with Crippen molar-refractivity contribution in [3.05, 3.63) is 34.2 Å². The number of carbonyl (C=O) groups is 1. The van der Waals surface area contributed by atoms with Crippen LogP contribution in [-0.4, -0.2) is 33.9 Å². The standard InChI is InChI=1S/C29H43N3O2/c1-17(16-30-19(3)33)6-9-25-18(2)27-26(32-31-25)15-24-22-8-7-20-14-21(34)10-12-28(20,4)23(22)11-13-29(24,27)5/h7,17,21-24,34H,6,8-16H2,1-5H3,(H,30,33)/t17-,21-,22+,23-,24+,28+,29+/m1/s1. The third-order valence-electron chi connectivity index (χ3n) is 10.4. The summed E-state index contributed by atoms with van der Waals surface area (Å²) in [7, 11) is 0. The second kappa shape index (κ2) is 8.72. The molecule has 186 valence electrons. The number of fused-ring (bicyclic) bond motifs is 7. The number of allylic oxidation sites excluding steroid dienone is 1. The van der Waals surface area contributed by atoms with Gasteiger partial charge in [-0.05, 0) is 110 Å². The van der Waals surface area contributed by atoms with E-state index in [0.29, 0.717) is 17.8 Å². The fourth-order valence-corrected chi connectivity index (χ4v) is 8.41. The van der Waals surface area contributed by atoms with Gasteiger partial charge in [-0.3, -0.25) is 4.79 Å². The van der Waals surface area contributed by atoms with Crippen LogP contribution in [0.2, 0.25) is 0 Å². The van der Waals surface area contributed by atoms with Gasteiger partial charge in [0, 0.05) is 13.5 Å². The molecular formula is C29H43N3O2. The number of nitrogens with zero attached hydrogens (tertiary/aromatic N) is 2. The van der Waals surface area contributed by atoms with Crippen molar-refractivity contribution in [3.63, 3.8) is 0 Å². The van der Waals surface area contributed by atoms with E-state index in [2.05, 4.69) is 39.1 Å². The zero-order valence-electron chi connectivity index (χ0n) is 21.8. The molecule has 4 aliphatic carbocycles. The fraction of sp³-hybridized carbons (Fsp3) is 0.759. The number of carbonyl (C=O) groups excluding carboxylic acids is 1. The zero-order chi connectivity index (χ0) is 24.3. The van der Waals surface area contributed by atoms with Crippen LogP contribution < -0.4 is 5.32 Å². The molecule has 1 aromatic rings. The summed E-state index contributed by atoms with van der Waals surface area (Å²) in [6, 6.07) is 0. The molecule has 2 saturated carbocycles. The highest BCUT2D eigenvalue weighted by Gasteiger charge is 2.58. The van der Waals surface area contributed by atoms with E-state index < -0.39 is 0 Å². The van der Waals surface area contributed by atoms with Crippen molar-refractivity contribution < 1.29 is 9.90 Å². The van der Waals surface area contributed by atoms with E-state index in [9.17, 15) is 9.90 Å². The largest absolute Gasteiger partial charge is 0.393 e. The van der Waals surface area contributed by atoms with Gasteiger partial charge in [-0.1, -0.05) is 32.4 Å². The molecule has 1 heterocycles. The zero-order valence-corrected chi connectivity index (χ0v) is 21.8. The van der Waals surface area contributed by atoms with Crippen LogP contribution in [0.1, 0.15) is 95.2 Å². The van der Waals surface area contributed by atoms with Gasteiger partial charge in [0.2, 0.25) is 5.91 Å². The molecule has 0 spiro atoms. The van der Waals surface area contributed by atoms with Gasteiger partial charge in [-0.25, -0.2) is 0 Å². The minimum atomic E-state index is -0.141. The first-order chi connectivity index (χ1) is 16.1. The van der Waals surface area contributed by atoms with Crippen LogP contribution in [0.3, 0.4) is 0 Å². The van der Waals surface area contributed by atoms with Crippen molar-refractivity contribution in [2.24, 2.45) is 29.1 Å². The van der Waals surface area contributed by atoms with Crippen molar-refractivity contribution in [3.8, 4) is 0 Å². The lowest BCUT2D eigenvalue weighted by atomic mass is 9.47. The maximum atomic E-state index is 11.2. The van der Waals surface area contributed by atoms with Crippen LogP contribution >= 0.6 is 0 Å². The first kappa shape index (κ1) is 24.0. The topological polar surface area (TPSA) is 75.1 Å². The predicted molar refractivity (Wildman–Crippen MR) is 134 cm³/mol. The summed E-state index contributed by atoms with van der Waals surface area (Å²) in [5.41, 5.74) is 7.29. The Kier molecular flexibility index (Phi) is 6.15. The monoisotopic (exact) mass is 465 g/mol. The van der Waals surface area contributed by atoms with E-state index in [0.717, 1.165) is 63.1 Å². The molecule has 2 fully saturated rings. The fourth-order valence-electron chi connectivity index (χ4n) is 8.41. The second-order valence-corrected chi connectivity index (χ2v) is 12.5. The number of hydrogen-bond donors (Lipinski definition) is 2. The number of aliphatic hydroxyl groups is 1. The Hall–Kier alpha value is -1.75. The van der Waals surface area contributed by atoms with Gasteiger partial charge in [0.25, 0.3) is 0 Å². The summed E-state index contributed by atoms with van der Waals surface area (Å²) >= 11 is 0. The lowest BCUT2D eigenvalue weighted by Crippen LogP contribution is -2.51. The molecule has 0 bridgehead atoms. The van der Waals surface area contributed by atoms with Crippen LogP contribution in [0.5, 0.6) is 0 Å². The Balaban J connectivity index is 1.37. The van der Waals surface area contributed by atoms with Crippen LogP contribution in [0, 0.1) is 36.0 Å². The predicted octanol–water partition coefficient (Wildman–Crippen LogP) is 4.83. The third kappa shape index (κ3) is 3.83. The summed E-state index contributed by atoms with van der Waals surface area (Å²) < 4.78 is 0. The molecule has 7 atom stereocenters. The average molecular weight is 466 g/mol. The Morgan fingerprint density at radius 2 is 1.94 bits per heavy atom. The quantitative estimate of drug-likeness (QED) is 0.611. The van der Waals surface area contributed by atoms with Crippen LogP contribution in [-0.2, 0) is 23.1 Å². The van der Waals surface area contributed by atoms with Crippen molar-refractivity contribution in [1.29, 1.82) is 0 Å². The highest BCUT2D eigenvalue weighted by Crippen LogP contribution is 2.64. The SMILES string of the molecule is CC(=O)NC[C@H](C)CCc1nnc2c(c1C)[C@@]1(C)CC[C@@H]3[C@H](CC=C4C[C@H](O)CC[C@@]43C)[C@@H]1C2. The lowest BCUT2D eigenvalue weighted by Gasteiger charge is -2.57. The summed E-state index contributed by atoms with van der Waals surface area (Å²) in [4.78, 5) is 11.2. The van der Waals surface area contributed by atoms with Gasteiger partial charge < -0.3 is 10.4 Å². The van der Waals surface area contributed by atoms with Gasteiger partial charge in [-0.2, -0.15) is 10.2 Å². The molecule has 1 aromatic heterocycles. The van der Waals surface area contributed by atoms with Crippen LogP contribution in [0.4, 0.5) is 0 Å². The van der Waals surface area contributed by atoms with E-state index >= 15 is 0 Å². The summed E-state index contributed by atoms with van der Waals surface area (Å²) in [5, 5.41) is 22.8. The van der Waals surface area contributed by atoms with Gasteiger partial charge in [0.05, 0.1) is 17.5 Å². The molecular weight excluding hydrogens is 422 g/mol. The third-order valence-corrected chi connectivity index (χ3v) is 10.4. The van der Waals surface area contributed by atoms with Crippen LogP contribution in [0.25, 0.3) is 0 Å². The van der Waals surface area contributed by atoms with E-state index in [4.69, 9.17) is 10.2 Å². The number of aryl methyl sites for hydroxylation is 1. The van der Waals surface area contributed by atoms with E-state index in [-0.39, 0.29) is 22.8 Å². The van der Waals surface area contributed by atoms with Crippen LogP contribution in [0.15, 0.2) is 11.6 Å². The highest BCUT2D eigenvalue weighted by molar-refractivity contribution is 5.72. The molecule has 0 aliphatic heterocycles. The first-order valence-electron chi connectivity index (χ1n) is 13.6. The molecule has 2 N–H and O–H groups in total. The molecule has 0 unspecified atom stereocenters. The molecule has 1 amide bonds. The Labute approximate surface area is 205 Å². The minimum absolute atomic E-state index is 0.0397. The Morgan fingerprint density at radius 3 is 2.71 bits per heavy atom. The van der Waals surface area contributed by atoms with Crippen molar-refractivity contribution >= 4 is 5.91 Å². The average Bonchev–Trinajstić information content (AvgIpc) is 3.11. The number of hydrogen-bond acceptors (Lipinski definition) is 4. The second-order valence-electron chi connectivity index (χ2n) is 12.5. The smallest absolute Gasteiger partial charge is 0.216 e. The van der Waals surface area contributed by atoms with Crippen molar-refractivity contribution in [1.82, 2.24) is 15.5 Å². The van der Waals surface area contributed by atoms with Crippen molar-refractivity contribution in [2.45, 2.75) is 104 Å². The van der Waals surface area contributed by atoms with Gasteiger partial charge in [0.1, 0.15) is 0 Å². The molecule has 5 heteroatoms. The molecule has 5 nitrogen and oxygen atoms in total. The summed E-state index contributed by atoms with van der Waals surface area (Å²) in [6.07, 6.45) is 12.0. The molecule has 5 rings (SSSR count). The van der Waals surface area contributed by atoms with E-state index in [1.165, 1.54) is 29.7 Å².